The van der Waals surface area contributed by atoms with Crippen molar-refractivity contribution >= 4 is 23.4 Å². The zero-order valence-corrected chi connectivity index (χ0v) is 19.1. The van der Waals surface area contributed by atoms with Crippen LogP contribution in [0.2, 0.25) is 5.02 Å². The summed E-state index contributed by atoms with van der Waals surface area (Å²) >= 11 is 5.88. The van der Waals surface area contributed by atoms with Gasteiger partial charge in [-0.15, -0.1) is 0 Å². The quantitative estimate of drug-likeness (QED) is 0.437. The molecule has 0 fully saturated rings. The van der Waals surface area contributed by atoms with Gasteiger partial charge in [0, 0.05) is 36.6 Å². The number of aliphatic hydroxyl groups is 1. The summed E-state index contributed by atoms with van der Waals surface area (Å²) in [7, 11) is 1.88. The first kappa shape index (κ1) is 22.2. The number of halogens is 2. The number of aryl methyl sites for hydroxylation is 2. The molecule has 0 spiro atoms. The highest BCUT2D eigenvalue weighted by atomic mass is 35.5. The molecule has 3 heterocycles. The van der Waals surface area contributed by atoms with E-state index in [2.05, 4.69) is 20.4 Å². The predicted octanol–water partition coefficient (Wildman–Crippen LogP) is 3.65. The second-order valence-corrected chi connectivity index (χ2v) is 8.58. The Morgan fingerprint density at radius 1 is 1.24 bits per heavy atom. The van der Waals surface area contributed by atoms with Gasteiger partial charge in [-0.25, -0.2) is 14.4 Å². The number of hydrogen-bond donors (Lipinski definition) is 2. The number of aliphatic hydroxyl groups excluding tert-OH is 1. The summed E-state index contributed by atoms with van der Waals surface area (Å²) in [4.78, 5) is 21.8. The number of hydrogen-bond acceptors (Lipinski definition) is 6. The topological polar surface area (TPSA) is 97.9 Å². The van der Waals surface area contributed by atoms with E-state index in [9.17, 15) is 14.3 Å². The summed E-state index contributed by atoms with van der Waals surface area (Å²) in [5.41, 5.74) is 3.66. The van der Waals surface area contributed by atoms with E-state index in [4.69, 9.17) is 11.6 Å². The minimum absolute atomic E-state index is 0.0688. The van der Waals surface area contributed by atoms with Crippen molar-refractivity contribution in [3.63, 3.8) is 0 Å². The minimum Gasteiger partial charge on any atom is -0.394 e. The van der Waals surface area contributed by atoms with Crippen molar-refractivity contribution in [1.29, 1.82) is 0 Å². The fourth-order valence-electron chi connectivity index (χ4n) is 4.34. The number of rotatable bonds is 6. The molecule has 5 rings (SSSR count). The second kappa shape index (κ2) is 9.00. The van der Waals surface area contributed by atoms with Gasteiger partial charge in [0.25, 0.3) is 5.56 Å². The number of pyridine rings is 1. The molecule has 4 aromatic rings. The normalized spacial score (nSPS) is 13.6. The van der Waals surface area contributed by atoms with E-state index >= 15 is 0 Å². The van der Waals surface area contributed by atoms with E-state index in [-0.39, 0.29) is 17.2 Å². The highest BCUT2D eigenvalue weighted by Crippen LogP contribution is 2.30. The molecule has 10 heteroatoms. The molecule has 1 atom stereocenters. The third-order valence-corrected chi connectivity index (χ3v) is 6.33. The van der Waals surface area contributed by atoms with Gasteiger partial charge in [-0.2, -0.15) is 5.10 Å². The molecular formula is C24H22ClFN6O2. The number of aromatic nitrogens is 5. The number of benzene rings is 1. The summed E-state index contributed by atoms with van der Waals surface area (Å²) in [6.45, 7) is -0.349. The van der Waals surface area contributed by atoms with Crippen LogP contribution in [0.3, 0.4) is 0 Å². The summed E-state index contributed by atoms with van der Waals surface area (Å²) in [6.07, 6.45) is 6.24. The number of nitrogens with one attached hydrogen (secondary N) is 1. The Labute approximate surface area is 199 Å². The van der Waals surface area contributed by atoms with Crippen LogP contribution in [0.5, 0.6) is 0 Å². The van der Waals surface area contributed by atoms with Crippen LogP contribution in [-0.4, -0.2) is 36.0 Å². The molecule has 0 bridgehead atoms. The van der Waals surface area contributed by atoms with Gasteiger partial charge < -0.3 is 15.0 Å². The van der Waals surface area contributed by atoms with E-state index in [1.54, 1.807) is 29.2 Å². The molecule has 1 aliphatic rings. The second-order valence-electron chi connectivity index (χ2n) is 8.17. The lowest BCUT2D eigenvalue weighted by Gasteiger charge is -2.19. The number of anilines is 2. The van der Waals surface area contributed by atoms with Gasteiger partial charge in [0.15, 0.2) is 0 Å². The summed E-state index contributed by atoms with van der Waals surface area (Å²) in [6, 6.07) is 8.34. The molecule has 3 aromatic heterocycles. The van der Waals surface area contributed by atoms with Crippen molar-refractivity contribution in [3.05, 3.63) is 86.8 Å². The minimum atomic E-state index is -0.700. The number of nitrogens with zero attached hydrogens (tertiary/aromatic N) is 5. The molecule has 0 amide bonds. The smallest absolute Gasteiger partial charge is 0.251 e. The molecule has 2 N–H and O–H groups in total. The lowest BCUT2D eigenvalue weighted by atomic mass is 10.1. The molecule has 1 aliphatic carbocycles. The van der Waals surface area contributed by atoms with Gasteiger partial charge in [-0.3, -0.25) is 9.48 Å². The molecule has 1 unspecified atom stereocenters. The van der Waals surface area contributed by atoms with Crippen LogP contribution in [-0.2, 0) is 19.9 Å². The lowest BCUT2D eigenvalue weighted by molar-refractivity contribution is 0.247. The SMILES string of the molecule is Cn1nc2c(c1Nc1nccc(-c3ccn(C(CO)c4ccc(F)c(Cl)c4)c(=O)c3)n1)CCC2. The maximum Gasteiger partial charge on any atom is 0.251 e. The molecule has 0 aliphatic heterocycles. The molecule has 34 heavy (non-hydrogen) atoms. The zero-order chi connectivity index (χ0) is 23.8. The predicted molar refractivity (Wildman–Crippen MR) is 127 cm³/mol. The zero-order valence-electron chi connectivity index (χ0n) is 18.4. The van der Waals surface area contributed by atoms with Crippen LogP contribution in [0.15, 0.2) is 53.6 Å². The first-order valence-electron chi connectivity index (χ1n) is 10.9. The fraction of sp³-hybridized carbons (Fsp3) is 0.250. The van der Waals surface area contributed by atoms with Crippen LogP contribution in [0.25, 0.3) is 11.3 Å². The molecule has 0 saturated carbocycles. The lowest BCUT2D eigenvalue weighted by Crippen LogP contribution is -2.26. The maximum atomic E-state index is 13.5. The van der Waals surface area contributed by atoms with Gasteiger partial charge >= 0.3 is 0 Å². The molecular weight excluding hydrogens is 459 g/mol. The van der Waals surface area contributed by atoms with Crippen LogP contribution < -0.4 is 10.9 Å². The van der Waals surface area contributed by atoms with Gasteiger partial charge in [-0.1, -0.05) is 17.7 Å². The highest BCUT2D eigenvalue weighted by molar-refractivity contribution is 6.30. The Balaban J connectivity index is 1.43. The summed E-state index contributed by atoms with van der Waals surface area (Å²) in [5, 5.41) is 17.7. The monoisotopic (exact) mass is 480 g/mol. The van der Waals surface area contributed by atoms with Crippen molar-refractivity contribution in [2.24, 2.45) is 7.05 Å². The molecule has 8 nitrogen and oxygen atoms in total. The van der Waals surface area contributed by atoms with Crippen molar-refractivity contribution < 1.29 is 9.50 Å². The number of fused-ring (bicyclic) bond motifs is 1. The average Bonchev–Trinajstić information content (AvgIpc) is 3.39. The average molecular weight is 481 g/mol. The summed E-state index contributed by atoms with van der Waals surface area (Å²) < 4.78 is 16.7. The van der Waals surface area contributed by atoms with Gasteiger partial charge in [0.2, 0.25) is 5.95 Å². The van der Waals surface area contributed by atoms with Gasteiger partial charge in [0.1, 0.15) is 11.6 Å². The van der Waals surface area contributed by atoms with E-state index in [0.29, 0.717) is 22.8 Å². The van der Waals surface area contributed by atoms with E-state index in [0.717, 1.165) is 30.8 Å². The Kier molecular flexibility index (Phi) is 5.89. The van der Waals surface area contributed by atoms with Crippen LogP contribution in [0, 0.1) is 5.82 Å². The van der Waals surface area contributed by atoms with Crippen molar-refractivity contribution in [3.8, 4) is 11.3 Å². The van der Waals surface area contributed by atoms with Crippen LogP contribution in [0.4, 0.5) is 16.2 Å². The van der Waals surface area contributed by atoms with E-state index < -0.39 is 11.9 Å². The van der Waals surface area contributed by atoms with E-state index in [1.165, 1.54) is 34.4 Å². The summed E-state index contributed by atoms with van der Waals surface area (Å²) in [5.74, 6) is 0.728. The van der Waals surface area contributed by atoms with Crippen molar-refractivity contribution in [1.82, 2.24) is 24.3 Å². The third-order valence-electron chi connectivity index (χ3n) is 6.04. The Hall–Kier alpha value is -3.56. The fourth-order valence-corrected chi connectivity index (χ4v) is 4.53. The molecule has 0 saturated heterocycles. The molecule has 174 valence electrons. The van der Waals surface area contributed by atoms with Crippen LogP contribution >= 0.6 is 11.6 Å². The third kappa shape index (κ3) is 4.08. The first-order valence-corrected chi connectivity index (χ1v) is 11.3. The standard InChI is InChI=1S/C24H22ClFN6O2/c1-31-23(16-3-2-4-20(16)30-31)29-24-27-9-7-19(28-24)14-8-10-32(22(34)12-14)21(13-33)15-5-6-18(26)17(25)11-15/h5-12,21,33H,2-4,13H2,1H3,(H,27,28,29). The molecule has 1 aromatic carbocycles. The first-order chi connectivity index (χ1) is 16.4. The largest absolute Gasteiger partial charge is 0.394 e. The van der Waals surface area contributed by atoms with Crippen molar-refractivity contribution in [2.75, 3.05) is 11.9 Å². The Bertz CT molecular complexity index is 1430. The highest BCUT2D eigenvalue weighted by Gasteiger charge is 2.22. The Morgan fingerprint density at radius 3 is 2.85 bits per heavy atom. The molecule has 0 radical (unpaired) electrons. The van der Waals surface area contributed by atoms with Crippen molar-refractivity contribution in [2.45, 2.75) is 25.3 Å². The van der Waals surface area contributed by atoms with Gasteiger partial charge in [-0.05, 0) is 49.1 Å². The van der Waals surface area contributed by atoms with Crippen LogP contribution in [0.1, 0.15) is 29.3 Å². The maximum absolute atomic E-state index is 13.5. The van der Waals surface area contributed by atoms with E-state index in [1.807, 2.05) is 7.05 Å². The Morgan fingerprint density at radius 2 is 2.09 bits per heavy atom. The van der Waals surface area contributed by atoms with Gasteiger partial charge in [0.05, 0.1) is 29.1 Å².